The fourth-order valence-electron chi connectivity index (χ4n) is 13.8. The van der Waals surface area contributed by atoms with Crippen LogP contribution in [0.1, 0.15) is 86.1 Å². The van der Waals surface area contributed by atoms with E-state index in [1.165, 1.54) is 5.56 Å². The molecule has 70 heavy (non-hydrogen) atoms. The van der Waals surface area contributed by atoms with E-state index < -0.39 is 53.7 Å². The minimum absolute atomic E-state index is 0.0311. The molecular weight excluding hydrogens is 919 g/mol. The van der Waals surface area contributed by atoms with Crippen molar-refractivity contribution in [2.75, 3.05) is 31.3 Å². The molecule has 16 atom stereocenters. The number of allylic oxidation sites excluding steroid dienone is 4. The second-order valence-electron chi connectivity index (χ2n) is 21.3. The number of benzene rings is 2. The van der Waals surface area contributed by atoms with Gasteiger partial charge in [0.15, 0.2) is 11.5 Å². The van der Waals surface area contributed by atoms with Crippen molar-refractivity contribution < 1.29 is 40.5 Å². The minimum atomic E-state index is -1.07. The maximum Gasteiger partial charge on any atom is 0.161 e. The molecule has 0 amide bonds. The van der Waals surface area contributed by atoms with Crippen LogP contribution < -0.4 is 15.8 Å². The highest BCUT2D eigenvalue weighted by atomic mass is 33.1. The summed E-state index contributed by atoms with van der Waals surface area (Å²) in [6.07, 6.45) is 11.1. The molecule has 374 valence electrons. The Bertz CT molecular complexity index is 2520. The van der Waals surface area contributed by atoms with Gasteiger partial charge in [-0.05, 0) is 128 Å². The number of aromatic hydroxyl groups is 1. The van der Waals surface area contributed by atoms with Gasteiger partial charge in [-0.2, -0.15) is 0 Å². The number of aromatic amines is 1. The summed E-state index contributed by atoms with van der Waals surface area (Å²) in [7, 11) is 3.24. The van der Waals surface area contributed by atoms with Crippen LogP contribution in [0.15, 0.2) is 108 Å². The molecule has 2 fully saturated rings. The van der Waals surface area contributed by atoms with Crippen LogP contribution in [0.5, 0.6) is 11.5 Å². The summed E-state index contributed by atoms with van der Waals surface area (Å²) in [5.41, 5.74) is 13.4. The third-order valence-electron chi connectivity index (χ3n) is 17.5. The summed E-state index contributed by atoms with van der Waals surface area (Å²) < 4.78 is 6.93. The fourth-order valence-corrected chi connectivity index (χ4v) is 16.3. The van der Waals surface area contributed by atoms with Gasteiger partial charge in [-0.25, -0.2) is 0 Å². The highest BCUT2D eigenvalue weighted by Crippen LogP contribution is 2.59. The quantitative estimate of drug-likeness (QED) is 0.0639. The van der Waals surface area contributed by atoms with Crippen molar-refractivity contribution in [1.82, 2.24) is 10.3 Å². The van der Waals surface area contributed by atoms with Crippen molar-refractivity contribution in [1.29, 1.82) is 0 Å². The SMILES string of the molecule is CC[C@@H]1Cc2cc(O)c(O[C@@H]3C[C@H](Cc4ccc[nH]4)C4=CCNC(N)=C4CSSC[C@H](CO)[C@H]3O)cc2[C@H]2C[C@@H](O)[C@@H]3[C@@H](C#C[C@]45C[C@@H](c6ccccc6)C[C@H](C=C[C@@H]4[C@@H](O)CC[C@@H]3O)[C@@H]5CO)C=C12. The first kappa shape index (κ1) is 49.5. The maximum atomic E-state index is 12.5. The summed E-state index contributed by atoms with van der Waals surface area (Å²) in [4.78, 5) is 3.36. The topological polar surface area (TPSA) is 205 Å². The molecule has 7 aliphatic rings. The standard InChI is InChI=1S/C57H71N3O8S2/c1-2-32-19-36-23-50(65)52(68-53-24-37(21-40-9-6-17-59-40)41-15-18-60-56(58)45(41)31-70-69-30-39(28-61)55(53)67)26-43(36)44-25-51(66)54-35(22-42(32)44)14-16-57-27-38(33-7-4-3-5-8-33)20-34(47(57)29-62)10-11-46(57)48(63)12-13-49(54)64/h3-11,15,17,22-23,26,32,34-35,37-39,44,46-49,51,53-55,59-67H,2,12-13,18-21,24-25,27-31,58H2,1H3/t32-,34+,35+,37+,38+,39+,44+,46-,47+,48+,49+,51-,53-,54-,55-,57+/m1/s1. The second-order valence-corrected chi connectivity index (χ2v) is 23.8. The molecule has 3 aromatic rings. The molecule has 0 radical (unpaired) electrons. The summed E-state index contributed by atoms with van der Waals surface area (Å²) in [5, 5.41) is 86.0. The van der Waals surface area contributed by atoms with Crippen LogP contribution in [0.3, 0.4) is 0 Å². The van der Waals surface area contributed by atoms with Gasteiger partial charge in [0.25, 0.3) is 0 Å². The van der Waals surface area contributed by atoms with E-state index in [0.717, 1.165) is 46.4 Å². The Balaban J connectivity index is 1.03. The number of aliphatic hydroxyl groups is 6. The molecule has 1 spiro atoms. The van der Waals surface area contributed by atoms with Gasteiger partial charge in [0.05, 0.1) is 24.4 Å². The summed E-state index contributed by atoms with van der Waals surface area (Å²) >= 11 is 0. The Labute approximate surface area is 420 Å². The highest BCUT2D eigenvalue weighted by molar-refractivity contribution is 8.76. The molecule has 11 nitrogen and oxygen atoms in total. The van der Waals surface area contributed by atoms with Crippen LogP contribution in [0.4, 0.5) is 0 Å². The van der Waals surface area contributed by atoms with Crippen LogP contribution >= 0.6 is 21.6 Å². The van der Waals surface area contributed by atoms with Crippen LogP contribution in [0.25, 0.3) is 0 Å². The third kappa shape index (κ3) is 9.53. The van der Waals surface area contributed by atoms with Gasteiger partial charge < -0.3 is 56.5 Å². The van der Waals surface area contributed by atoms with Gasteiger partial charge in [-0.1, -0.05) is 101 Å². The lowest BCUT2D eigenvalue weighted by atomic mass is 9.49. The predicted octanol–water partition coefficient (Wildman–Crippen LogP) is 6.86. The first-order valence-electron chi connectivity index (χ1n) is 25.7. The van der Waals surface area contributed by atoms with Crippen molar-refractivity contribution in [3.63, 3.8) is 0 Å². The van der Waals surface area contributed by atoms with Crippen molar-refractivity contribution in [2.45, 2.75) is 107 Å². The molecule has 2 bridgehead atoms. The zero-order valence-electron chi connectivity index (χ0n) is 40.1. The van der Waals surface area contributed by atoms with E-state index in [9.17, 15) is 35.7 Å². The molecule has 5 aliphatic carbocycles. The Kier molecular flexibility index (Phi) is 15.0. The highest BCUT2D eigenvalue weighted by Gasteiger charge is 2.55. The lowest BCUT2D eigenvalue weighted by molar-refractivity contribution is -0.0518. The summed E-state index contributed by atoms with van der Waals surface area (Å²) in [6, 6.07) is 18.2. The van der Waals surface area contributed by atoms with Gasteiger partial charge in [0.1, 0.15) is 11.9 Å². The van der Waals surface area contributed by atoms with Crippen LogP contribution in [0, 0.1) is 64.6 Å². The normalized spacial score (nSPS) is 37.4. The van der Waals surface area contributed by atoms with E-state index in [0.29, 0.717) is 68.8 Å². The molecule has 3 heterocycles. The largest absolute Gasteiger partial charge is 0.504 e. The monoisotopic (exact) mass is 989 g/mol. The Morgan fingerprint density at radius 1 is 0.914 bits per heavy atom. The third-order valence-corrected chi connectivity index (χ3v) is 19.9. The average Bonchev–Trinajstić information content (AvgIpc) is 3.82. The summed E-state index contributed by atoms with van der Waals surface area (Å²) in [6.45, 7) is 2.46. The number of rotatable bonds is 8. The molecule has 11 N–H and O–H groups in total. The molecule has 1 saturated heterocycles. The molecule has 2 aromatic carbocycles. The molecule has 1 aromatic heterocycles. The molecule has 1 saturated carbocycles. The van der Waals surface area contributed by atoms with Crippen molar-refractivity contribution >= 4 is 21.6 Å². The molecule has 13 heteroatoms. The molecule has 10 rings (SSSR count). The lowest BCUT2D eigenvalue weighted by Crippen LogP contribution is -2.52. The molecular formula is C57H71N3O8S2. The van der Waals surface area contributed by atoms with E-state index >= 15 is 0 Å². The number of nitrogens with two attached hydrogens (primary N) is 1. The Morgan fingerprint density at radius 3 is 2.51 bits per heavy atom. The number of hydrogen-bond donors (Lipinski definition) is 10. The van der Waals surface area contributed by atoms with E-state index in [-0.39, 0.29) is 66.1 Å². The molecule has 0 unspecified atom stereocenters. The smallest absolute Gasteiger partial charge is 0.161 e. The number of hydrogen-bond acceptors (Lipinski definition) is 12. The number of phenolic OH excluding ortho intramolecular Hbond substituents is 1. The second kappa shape index (κ2) is 21.2. The number of dihydropyridines is 1. The van der Waals surface area contributed by atoms with Crippen LogP contribution in [-0.4, -0.2) is 103 Å². The minimum Gasteiger partial charge on any atom is -0.504 e. The Morgan fingerprint density at radius 2 is 1.74 bits per heavy atom. The first-order valence-corrected chi connectivity index (χ1v) is 28.2. The predicted molar refractivity (Wildman–Crippen MR) is 276 cm³/mol. The molecule has 2 aliphatic heterocycles. The zero-order valence-corrected chi connectivity index (χ0v) is 41.7. The number of phenols is 1. The van der Waals surface area contributed by atoms with Crippen molar-refractivity contribution in [3.05, 3.63) is 130 Å². The first-order chi connectivity index (χ1) is 34.0. The van der Waals surface area contributed by atoms with E-state index in [4.69, 9.17) is 10.5 Å². The number of ether oxygens (including phenoxy) is 1. The maximum absolute atomic E-state index is 12.5. The van der Waals surface area contributed by atoms with Crippen LogP contribution in [0.2, 0.25) is 0 Å². The number of fused-ring (bicyclic) bond motifs is 6. The van der Waals surface area contributed by atoms with Gasteiger partial charge in [0.2, 0.25) is 0 Å². The summed E-state index contributed by atoms with van der Waals surface area (Å²) in [5.74, 6) is 7.36. The number of aliphatic hydroxyl groups excluding tert-OH is 6. The zero-order chi connectivity index (χ0) is 48.7. The number of nitrogens with one attached hydrogen (secondary N) is 2. The van der Waals surface area contributed by atoms with Gasteiger partial charge >= 0.3 is 0 Å². The van der Waals surface area contributed by atoms with Crippen molar-refractivity contribution in [2.24, 2.45) is 58.5 Å². The van der Waals surface area contributed by atoms with Gasteiger partial charge in [-0.15, -0.1) is 0 Å². The number of H-pyrrole nitrogens is 1. The number of aromatic nitrogens is 1. The Hall–Kier alpha value is -4.10. The van der Waals surface area contributed by atoms with E-state index in [1.807, 2.05) is 24.4 Å². The average molecular weight is 990 g/mol. The fraction of sp³-hybridized carbons (Fsp3) is 0.544. The van der Waals surface area contributed by atoms with E-state index in [2.05, 4.69) is 83.7 Å². The van der Waals surface area contributed by atoms with E-state index in [1.54, 1.807) is 27.7 Å². The van der Waals surface area contributed by atoms with Crippen molar-refractivity contribution in [3.8, 4) is 23.3 Å². The lowest BCUT2D eigenvalue weighted by Gasteiger charge is -2.54. The van der Waals surface area contributed by atoms with Gasteiger partial charge in [0, 0.05) is 89.7 Å². The van der Waals surface area contributed by atoms with Gasteiger partial charge in [-0.3, -0.25) is 0 Å². The van der Waals surface area contributed by atoms with Crippen LogP contribution in [-0.2, 0) is 12.8 Å².